The van der Waals surface area contributed by atoms with Gasteiger partial charge in [0.05, 0.1) is 0 Å². The molecule has 1 aromatic carbocycles. The maximum absolute atomic E-state index is 10.5. The summed E-state index contributed by atoms with van der Waals surface area (Å²) in [5.74, 6) is -0.764. The molecule has 0 saturated heterocycles. The van der Waals surface area contributed by atoms with Crippen LogP contribution in [0.4, 0.5) is 5.69 Å². The summed E-state index contributed by atoms with van der Waals surface area (Å²) < 4.78 is 0. The van der Waals surface area contributed by atoms with Crippen molar-refractivity contribution in [2.75, 3.05) is 5.73 Å². The molecule has 1 unspecified atom stereocenters. The molecule has 5 N–H and O–H groups in total. The molecule has 0 aromatic heterocycles. The van der Waals surface area contributed by atoms with Crippen LogP contribution >= 0.6 is 0 Å². The maximum Gasteiger partial charge on any atom is 0.250 e. The number of anilines is 1. The molecule has 1 atom stereocenters. The second kappa shape index (κ2) is 3.23. The Morgan fingerprint density at radius 3 is 2.25 bits per heavy atom. The first-order valence-electron chi connectivity index (χ1n) is 3.44. The van der Waals surface area contributed by atoms with E-state index in [4.69, 9.17) is 11.5 Å². The highest BCUT2D eigenvalue weighted by molar-refractivity contribution is 5.80. The number of nitrogens with two attached hydrogens (primary N) is 2. The Hall–Kier alpha value is -1.55. The number of carbonyl (C=O) groups excluding carboxylic acids is 1. The topological polar surface area (TPSA) is 89.3 Å². The van der Waals surface area contributed by atoms with Crippen LogP contribution in [0.3, 0.4) is 0 Å². The SMILES string of the molecule is NC(=O)C(O)c1ccc(N)cc1. The number of primary amides is 1. The average Bonchev–Trinajstić information content (AvgIpc) is 2.04. The number of benzene rings is 1. The van der Waals surface area contributed by atoms with Gasteiger partial charge in [-0.05, 0) is 17.7 Å². The summed E-state index contributed by atoms with van der Waals surface area (Å²) in [4.78, 5) is 10.5. The highest BCUT2D eigenvalue weighted by Gasteiger charge is 2.12. The predicted molar refractivity (Wildman–Crippen MR) is 45.0 cm³/mol. The molecule has 0 aliphatic heterocycles. The van der Waals surface area contributed by atoms with Crippen LogP contribution < -0.4 is 11.5 Å². The van der Waals surface area contributed by atoms with Gasteiger partial charge in [0, 0.05) is 5.69 Å². The van der Waals surface area contributed by atoms with Crippen LogP contribution in [-0.2, 0) is 4.79 Å². The van der Waals surface area contributed by atoms with Crippen molar-refractivity contribution in [1.29, 1.82) is 0 Å². The fourth-order valence-corrected chi connectivity index (χ4v) is 0.843. The maximum atomic E-state index is 10.5. The van der Waals surface area contributed by atoms with Gasteiger partial charge >= 0.3 is 0 Å². The molecule has 0 spiro atoms. The fourth-order valence-electron chi connectivity index (χ4n) is 0.843. The molecule has 0 radical (unpaired) electrons. The van der Waals surface area contributed by atoms with Crippen LogP contribution in [0.15, 0.2) is 24.3 Å². The summed E-state index contributed by atoms with van der Waals surface area (Å²) in [6.45, 7) is 0. The van der Waals surface area contributed by atoms with E-state index in [0.717, 1.165) is 0 Å². The van der Waals surface area contributed by atoms with Gasteiger partial charge in [0.15, 0.2) is 6.10 Å². The first-order chi connectivity index (χ1) is 5.61. The second-order valence-electron chi connectivity index (χ2n) is 2.47. The summed E-state index contributed by atoms with van der Waals surface area (Å²) in [6.07, 6.45) is -1.24. The van der Waals surface area contributed by atoms with Gasteiger partial charge in [-0.2, -0.15) is 0 Å². The highest BCUT2D eigenvalue weighted by Crippen LogP contribution is 2.13. The molecule has 0 aliphatic rings. The van der Waals surface area contributed by atoms with E-state index in [1.165, 1.54) is 0 Å². The smallest absolute Gasteiger partial charge is 0.250 e. The third-order valence-electron chi connectivity index (χ3n) is 1.52. The van der Waals surface area contributed by atoms with E-state index in [2.05, 4.69) is 0 Å². The summed E-state index contributed by atoms with van der Waals surface area (Å²) >= 11 is 0. The zero-order valence-corrected chi connectivity index (χ0v) is 6.40. The van der Waals surface area contributed by atoms with Gasteiger partial charge in [0.2, 0.25) is 0 Å². The molecule has 12 heavy (non-hydrogen) atoms. The summed E-state index contributed by atoms with van der Waals surface area (Å²) in [7, 11) is 0. The van der Waals surface area contributed by atoms with E-state index in [-0.39, 0.29) is 0 Å². The van der Waals surface area contributed by atoms with Crippen LogP contribution in [0.2, 0.25) is 0 Å². The minimum atomic E-state index is -1.24. The Labute approximate surface area is 69.8 Å². The Morgan fingerprint density at radius 2 is 1.83 bits per heavy atom. The van der Waals surface area contributed by atoms with Gasteiger partial charge in [-0.1, -0.05) is 12.1 Å². The first-order valence-corrected chi connectivity index (χ1v) is 3.44. The molecule has 64 valence electrons. The van der Waals surface area contributed by atoms with E-state index in [0.29, 0.717) is 11.3 Å². The summed E-state index contributed by atoms with van der Waals surface area (Å²) in [6, 6.07) is 6.32. The van der Waals surface area contributed by atoms with Gasteiger partial charge in [-0.3, -0.25) is 4.79 Å². The van der Waals surface area contributed by atoms with Crippen molar-refractivity contribution in [3.8, 4) is 0 Å². The minimum Gasteiger partial charge on any atom is -0.399 e. The molecule has 0 saturated carbocycles. The zero-order chi connectivity index (χ0) is 9.14. The van der Waals surface area contributed by atoms with E-state index in [9.17, 15) is 9.90 Å². The van der Waals surface area contributed by atoms with Crippen molar-refractivity contribution in [1.82, 2.24) is 0 Å². The second-order valence-corrected chi connectivity index (χ2v) is 2.47. The molecule has 4 heteroatoms. The molecule has 1 aromatic rings. The van der Waals surface area contributed by atoms with E-state index >= 15 is 0 Å². The molecule has 0 heterocycles. The zero-order valence-electron chi connectivity index (χ0n) is 6.40. The number of hydrogen-bond acceptors (Lipinski definition) is 3. The molecule has 1 rings (SSSR count). The van der Waals surface area contributed by atoms with E-state index in [1.807, 2.05) is 0 Å². The van der Waals surface area contributed by atoms with Gasteiger partial charge in [0.25, 0.3) is 5.91 Å². The number of amides is 1. The predicted octanol–water partition coefficient (Wildman–Crippen LogP) is -0.213. The Bertz CT molecular complexity index is 282. The molecule has 1 amide bonds. The normalized spacial score (nSPS) is 12.4. The van der Waals surface area contributed by atoms with Gasteiger partial charge in [-0.25, -0.2) is 0 Å². The third-order valence-corrected chi connectivity index (χ3v) is 1.52. The number of nitrogen functional groups attached to an aromatic ring is 1. The van der Waals surface area contributed by atoms with Crippen LogP contribution in [0.25, 0.3) is 0 Å². The van der Waals surface area contributed by atoms with Crippen LogP contribution in [0.5, 0.6) is 0 Å². The first kappa shape index (κ1) is 8.55. The lowest BCUT2D eigenvalue weighted by Crippen LogP contribution is -2.20. The largest absolute Gasteiger partial charge is 0.399 e. The van der Waals surface area contributed by atoms with Crippen LogP contribution in [0, 0.1) is 0 Å². The lowest BCUT2D eigenvalue weighted by molar-refractivity contribution is -0.126. The van der Waals surface area contributed by atoms with Crippen molar-refractivity contribution in [2.24, 2.45) is 5.73 Å². The molecule has 0 aliphatic carbocycles. The molecular weight excluding hydrogens is 156 g/mol. The van der Waals surface area contributed by atoms with Crippen molar-refractivity contribution in [3.63, 3.8) is 0 Å². The van der Waals surface area contributed by atoms with Crippen LogP contribution in [-0.4, -0.2) is 11.0 Å². The van der Waals surface area contributed by atoms with Crippen molar-refractivity contribution >= 4 is 11.6 Å². The van der Waals surface area contributed by atoms with Crippen LogP contribution in [0.1, 0.15) is 11.7 Å². The standard InChI is InChI=1S/C8H10N2O2/c9-6-3-1-5(2-4-6)7(11)8(10)12/h1-4,7,11H,9H2,(H2,10,12). The third kappa shape index (κ3) is 1.73. The van der Waals surface area contributed by atoms with Crippen molar-refractivity contribution < 1.29 is 9.90 Å². The van der Waals surface area contributed by atoms with Gasteiger partial charge in [0.1, 0.15) is 0 Å². The number of aliphatic hydroxyl groups excluding tert-OH is 1. The van der Waals surface area contributed by atoms with E-state index < -0.39 is 12.0 Å². The number of rotatable bonds is 2. The lowest BCUT2D eigenvalue weighted by Gasteiger charge is -2.05. The Kier molecular flexibility index (Phi) is 2.30. The van der Waals surface area contributed by atoms with Crippen molar-refractivity contribution in [3.05, 3.63) is 29.8 Å². The van der Waals surface area contributed by atoms with Gasteiger partial charge < -0.3 is 16.6 Å². The molecule has 0 bridgehead atoms. The Balaban J connectivity index is 2.89. The molecule has 4 nitrogen and oxygen atoms in total. The minimum absolute atomic E-state index is 0.455. The molecule has 0 fully saturated rings. The number of aliphatic hydroxyl groups is 1. The average molecular weight is 166 g/mol. The number of hydrogen-bond donors (Lipinski definition) is 3. The lowest BCUT2D eigenvalue weighted by atomic mass is 10.1. The summed E-state index contributed by atoms with van der Waals surface area (Å²) in [5, 5.41) is 9.17. The highest BCUT2D eigenvalue weighted by atomic mass is 16.3. The number of carbonyl (C=O) groups is 1. The molecular formula is C8H10N2O2. The van der Waals surface area contributed by atoms with E-state index in [1.54, 1.807) is 24.3 Å². The summed E-state index contributed by atoms with van der Waals surface area (Å²) in [5.41, 5.74) is 11.3. The monoisotopic (exact) mass is 166 g/mol. The fraction of sp³-hybridized carbons (Fsp3) is 0.125. The van der Waals surface area contributed by atoms with Crippen molar-refractivity contribution in [2.45, 2.75) is 6.10 Å². The van der Waals surface area contributed by atoms with Gasteiger partial charge in [-0.15, -0.1) is 0 Å². The quantitative estimate of drug-likeness (QED) is 0.531. The Morgan fingerprint density at radius 1 is 1.33 bits per heavy atom.